The van der Waals surface area contributed by atoms with Gasteiger partial charge in [-0.05, 0) is 41.6 Å². The van der Waals surface area contributed by atoms with Crippen LogP contribution in [0.2, 0.25) is 0 Å². The second-order valence-corrected chi connectivity index (χ2v) is 8.97. The Hall–Kier alpha value is -2.06. The molecule has 0 N–H and O–H groups in total. The molecule has 0 spiro atoms. The molecule has 0 aliphatic heterocycles. The summed E-state index contributed by atoms with van der Waals surface area (Å²) in [5.74, 6) is 1.49. The predicted octanol–water partition coefficient (Wildman–Crippen LogP) is 7.29. The highest BCUT2D eigenvalue weighted by Crippen LogP contribution is 2.37. The average Bonchev–Trinajstić information content (AvgIpc) is 3.18. The molecule has 2 aromatic heterocycles. The van der Waals surface area contributed by atoms with Crippen LogP contribution in [0.3, 0.4) is 0 Å². The van der Waals surface area contributed by atoms with Crippen molar-refractivity contribution in [2.24, 2.45) is 0 Å². The van der Waals surface area contributed by atoms with Crippen LogP contribution in [0.25, 0.3) is 21.1 Å². The fourth-order valence-electron chi connectivity index (χ4n) is 3.40. The molecule has 0 aliphatic rings. The van der Waals surface area contributed by atoms with E-state index in [0.717, 1.165) is 17.8 Å². The van der Waals surface area contributed by atoms with Gasteiger partial charge in [-0.2, -0.15) is 0 Å². The fourth-order valence-corrected chi connectivity index (χ4v) is 4.57. The number of fused-ring (bicyclic) bond motifs is 2. The zero-order valence-corrected chi connectivity index (χ0v) is 16.1. The molecule has 0 unspecified atom stereocenters. The van der Waals surface area contributed by atoms with Crippen molar-refractivity contribution in [1.29, 1.82) is 0 Å². The van der Waals surface area contributed by atoms with E-state index in [1.165, 1.54) is 25.9 Å². The molecule has 0 bridgehead atoms. The Morgan fingerprint density at radius 3 is 2.52 bits per heavy atom. The number of rotatable bonds is 4. The van der Waals surface area contributed by atoms with Gasteiger partial charge >= 0.3 is 0 Å². The molecular formula is C23H24OS. The number of hydrogen-bond acceptors (Lipinski definition) is 2. The molecule has 0 amide bonds. The number of benzene rings is 2. The van der Waals surface area contributed by atoms with Gasteiger partial charge in [0.1, 0.15) is 11.3 Å². The monoisotopic (exact) mass is 348 g/mol. The second kappa shape index (κ2) is 6.03. The van der Waals surface area contributed by atoms with Gasteiger partial charge < -0.3 is 4.42 Å². The molecule has 25 heavy (non-hydrogen) atoms. The summed E-state index contributed by atoms with van der Waals surface area (Å²) >= 11 is 1.91. The maximum absolute atomic E-state index is 6.04. The topological polar surface area (TPSA) is 13.1 Å². The van der Waals surface area contributed by atoms with Crippen molar-refractivity contribution in [3.63, 3.8) is 0 Å². The molecule has 4 rings (SSSR count). The Morgan fingerprint density at radius 1 is 0.960 bits per heavy atom. The van der Waals surface area contributed by atoms with E-state index in [1.54, 1.807) is 0 Å². The van der Waals surface area contributed by atoms with Crippen LogP contribution in [-0.2, 0) is 11.8 Å². The first kappa shape index (κ1) is 16.4. The van der Waals surface area contributed by atoms with Crippen molar-refractivity contribution < 1.29 is 4.42 Å². The van der Waals surface area contributed by atoms with E-state index in [9.17, 15) is 0 Å². The quantitative estimate of drug-likeness (QED) is 0.377. The largest absolute Gasteiger partial charge is 0.461 e. The molecule has 4 aromatic rings. The molecular weight excluding hydrogens is 324 g/mol. The highest BCUT2D eigenvalue weighted by atomic mass is 32.1. The second-order valence-electron chi connectivity index (χ2n) is 7.88. The Labute approximate surface area is 153 Å². The first-order valence-corrected chi connectivity index (χ1v) is 9.75. The summed E-state index contributed by atoms with van der Waals surface area (Å²) in [6.45, 7) is 9.01. The van der Waals surface area contributed by atoms with Crippen LogP contribution >= 0.6 is 11.3 Å². The maximum Gasteiger partial charge on any atom is 0.134 e. The summed E-state index contributed by atoms with van der Waals surface area (Å²) in [7, 11) is 0. The molecule has 128 valence electrons. The first-order valence-electron chi connectivity index (χ1n) is 8.94. The normalized spacial score (nSPS) is 12.5. The SMILES string of the molecule is CC(C)c1cc2ccc(CC(C)(C)c3cc4ccccc4s3)cc2o1. The van der Waals surface area contributed by atoms with Crippen molar-refractivity contribution in [3.8, 4) is 0 Å². The average molecular weight is 349 g/mol. The highest BCUT2D eigenvalue weighted by Gasteiger charge is 2.24. The van der Waals surface area contributed by atoms with Crippen molar-refractivity contribution in [3.05, 3.63) is 70.8 Å². The lowest BCUT2D eigenvalue weighted by Gasteiger charge is -2.23. The highest BCUT2D eigenvalue weighted by molar-refractivity contribution is 7.19. The Bertz CT molecular complexity index is 1000. The van der Waals surface area contributed by atoms with Gasteiger partial charge in [-0.15, -0.1) is 11.3 Å². The third-order valence-corrected chi connectivity index (χ3v) is 6.39. The molecule has 0 fully saturated rings. The van der Waals surface area contributed by atoms with Crippen LogP contribution in [0, 0.1) is 0 Å². The van der Waals surface area contributed by atoms with Gasteiger partial charge in [-0.25, -0.2) is 0 Å². The van der Waals surface area contributed by atoms with Crippen LogP contribution in [0.4, 0.5) is 0 Å². The molecule has 0 saturated heterocycles. The Morgan fingerprint density at radius 2 is 1.76 bits per heavy atom. The lowest BCUT2D eigenvalue weighted by atomic mass is 9.84. The van der Waals surface area contributed by atoms with Crippen LogP contribution < -0.4 is 0 Å². The predicted molar refractivity (Wildman–Crippen MR) is 109 cm³/mol. The molecule has 0 saturated carbocycles. The van der Waals surface area contributed by atoms with Crippen LogP contribution in [0.5, 0.6) is 0 Å². The third-order valence-electron chi connectivity index (χ3n) is 4.91. The molecule has 1 nitrogen and oxygen atoms in total. The minimum absolute atomic E-state index is 0.102. The molecule has 0 aliphatic carbocycles. The summed E-state index contributed by atoms with van der Waals surface area (Å²) in [6.07, 6.45) is 1.01. The standard InChI is InChI=1S/C23H24OS/c1-15(2)19-12-17-10-9-16(11-20(17)24-19)14-23(3,4)22-13-18-7-5-6-8-21(18)25-22/h5-13,15H,14H2,1-4H3. The summed E-state index contributed by atoms with van der Waals surface area (Å²) in [5.41, 5.74) is 2.44. The Kier molecular flexibility index (Phi) is 3.96. The van der Waals surface area contributed by atoms with E-state index in [0.29, 0.717) is 5.92 Å². The van der Waals surface area contributed by atoms with Crippen molar-refractivity contribution in [2.45, 2.75) is 45.4 Å². The van der Waals surface area contributed by atoms with Crippen LogP contribution in [-0.4, -0.2) is 0 Å². The van der Waals surface area contributed by atoms with Gasteiger partial charge in [-0.3, -0.25) is 0 Å². The van der Waals surface area contributed by atoms with Crippen LogP contribution in [0.15, 0.2) is 59.0 Å². The maximum atomic E-state index is 6.04. The van der Waals surface area contributed by atoms with Crippen molar-refractivity contribution >= 4 is 32.4 Å². The summed E-state index contributed by atoms with van der Waals surface area (Å²) < 4.78 is 7.41. The third kappa shape index (κ3) is 3.11. The minimum atomic E-state index is 0.102. The van der Waals surface area contributed by atoms with E-state index in [2.05, 4.69) is 82.3 Å². The first-order chi connectivity index (χ1) is 11.9. The van der Waals surface area contributed by atoms with Gasteiger partial charge in [0, 0.05) is 26.3 Å². The fraction of sp³-hybridized carbons (Fsp3) is 0.304. The zero-order chi connectivity index (χ0) is 17.6. The van der Waals surface area contributed by atoms with E-state index >= 15 is 0 Å². The molecule has 2 heterocycles. The number of hydrogen-bond donors (Lipinski definition) is 0. The number of furan rings is 1. The van der Waals surface area contributed by atoms with E-state index in [-0.39, 0.29) is 5.41 Å². The van der Waals surface area contributed by atoms with Crippen molar-refractivity contribution in [1.82, 2.24) is 0 Å². The molecule has 0 radical (unpaired) electrons. The van der Waals surface area contributed by atoms with Crippen LogP contribution in [0.1, 0.15) is 49.8 Å². The lowest BCUT2D eigenvalue weighted by Crippen LogP contribution is -2.18. The number of thiophene rings is 1. The van der Waals surface area contributed by atoms with E-state index in [1.807, 2.05) is 11.3 Å². The van der Waals surface area contributed by atoms with Gasteiger partial charge in [0.2, 0.25) is 0 Å². The van der Waals surface area contributed by atoms with Gasteiger partial charge in [0.15, 0.2) is 0 Å². The van der Waals surface area contributed by atoms with Gasteiger partial charge in [-0.1, -0.05) is 58.0 Å². The van der Waals surface area contributed by atoms with Gasteiger partial charge in [0.05, 0.1) is 0 Å². The smallest absolute Gasteiger partial charge is 0.134 e. The Balaban J connectivity index is 1.66. The molecule has 0 atom stereocenters. The molecule has 2 heteroatoms. The van der Waals surface area contributed by atoms with E-state index < -0.39 is 0 Å². The summed E-state index contributed by atoms with van der Waals surface area (Å²) in [6, 6.07) is 19.8. The summed E-state index contributed by atoms with van der Waals surface area (Å²) in [5, 5.41) is 2.55. The minimum Gasteiger partial charge on any atom is -0.461 e. The lowest BCUT2D eigenvalue weighted by molar-refractivity contribution is 0.518. The molecule has 2 aromatic carbocycles. The zero-order valence-electron chi connectivity index (χ0n) is 15.3. The van der Waals surface area contributed by atoms with E-state index in [4.69, 9.17) is 4.42 Å². The van der Waals surface area contributed by atoms with Crippen molar-refractivity contribution in [2.75, 3.05) is 0 Å². The van der Waals surface area contributed by atoms with Gasteiger partial charge in [0.25, 0.3) is 0 Å². The summed E-state index contributed by atoms with van der Waals surface area (Å²) in [4.78, 5) is 1.44.